The van der Waals surface area contributed by atoms with Gasteiger partial charge < -0.3 is 10.2 Å². The fourth-order valence-corrected chi connectivity index (χ4v) is 4.65. The normalized spacial score (nSPS) is 15.7. The number of likely N-dealkylation sites (tertiary alicyclic amines) is 1. The zero-order valence-electron chi connectivity index (χ0n) is 17.8. The van der Waals surface area contributed by atoms with Crippen molar-refractivity contribution in [2.75, 3.05) is 37.2 Å². The molecule has 0 radical (unpaired) electrons. The summed E-state index contributed by atoms with van der Waals surface area (Å²) in [5.41, 5.74) is 2.04. The van der Waals surface area contributed by atoms with E-state index < -0.39 is 10.0 Å². The van der Waals surface area contributed by atoms with Crippen LogP contribution in [-0.4, -0.2) is 52.2 Å². The molecule has 3 rings (SSSR count). The Bertz CT molecular complexity index is 922. The summed E-state index contributed by atoms with van der Waals surface area (Å²) in [5, 5.41) is 3.01. The molecule has 1 aliphatic rings. The highest BCUT2D eigenvalue weighted by Gasteiger charge is 2.18. The summed E-state index contributed by atoms with van der Waals surface area (Å²) in [5.74, 6) is 0.598. The van der Waals surface area contributed by atoms with E-state index in [1.807, 2.05) is 30.3 Å². The number of para-hydroxylation sites is 1. The standard InChI is InChI=1S/C23H31N3O3S/c1-25-16-13-19(14-17-25)12-15-24-23(27)21-10-8-20(9-11-21)18-26(30(2,28)29)22-6-4-3-5-7-22/h3-11,19H,12-18H2,1-2H3,(H,24,27). The number of rotatable bonds is 8. The Kier molecular flexibility index (Phi) is 7.50. The van der Waals surface area contributed by atoms with E-state index in [4.69, 9.17) is 0 Å². The molecule has 0 saturated carbocycles. The summed E-state index contributed by atoms with van der Waals surface area (Å²) in [4.78, 5) is 14.8. The molecule has 0 unspecified atom stereocenters. The van der Waals surface area contributed by atoms with Gasteiger partial charge in [0.1, 0.15) is 0 Å². The average Bonchev–Trinajstić information content (AvgIpc) is 2.73. The second kappa shape index (κ2) is 10.1. The number of sulfonamides is 1. The van der Waals surface area contributed by atoms with Crippen molar-refractivity contribution >= 4 is 21.6 Å². The van der Waals surface area contributed by atoms with Crippen molar-refractivity contribution in [2.24, 2.45) is 5.92 Å². The molecule has 0 atom stereocenters. The lowest BCUT2D eigenvalue weighted by Crippen LogP contribution is -2.32. The van der Waals surface area contributed by atoms with E-state index >= 15 is 0 Å². The van der Waals surface area contributed by atoms with Crippen molar-refractivity contribution in [3.05, 3.63) is 65.7 Å². The second-order valence-electron chi connectivity index (χ2n) is 8.09. The van der Waals surface area contributed by atoms with Crippen molar-refractivity contribution in [3.8, 4) is 0 Å². The van der Waals surface area contributed by atoms with Crippen molar-refractivity contribution < 1.29 is 13.2 Å². The SMILES string of the molecule is CN1CCC(CCNC(=O)c2ccc(CN(c3ccccc3)S(C)(=O)=O)cc2)CC1. The zero-order valence-corrected chi connectivity index (χ0v) is 18.6. The third-order valence-corrected chi connectivity index (χ3v) is 6.80. The van der Waals surface area contributed by atoms with Crippen LogP contribution < -0.4 is 9.62 Å². The lowest BCUT2D eigenvalue weighted by atomic mass is 9.94. The van der Waals surface area contributed by atoms with Crippen LogP contribution in [0.1, 0.15) is 35.2 Å². The maximum atomic E-state index is 12.4. The number of hydrogen-bond acceptors (Lipinski definition) is 4. The Labute approximate surface area is 179 Å². The molecule has 0 aliphatic carbocycles. The first-order valence-electron chi connectivity index (χ1n) is 10.4. The van der Waals surface area contributed by atoms with Crippen LogP contribution in [0.5, 0.6) is 0 Å². The van der Waals surface area contributed by atoms with Gasteiger partial charge in [0, 0.05) is 12.1 Å². The highest BCUT2D eigenvalue weighted by atomic mass is 32.2. The van der Waals surface area contributed by atoms with Crippen LogP contribution in [-0.2, 0) is 16.6 Å². The van der Waals surface area contributed by atoms with Crippen LogP contribution in [0.4, 0.5) is 5.69 Å². The molecule has 30 heavy (non-hydrogen) atoms. The fourth-order valence-electron chi connectivity index (χ4n) is 3.76. The fraction of sp³-hybridized carbons (Fsp3) is 0.435. The summed E-state index contributed by atoms with van der Waals surface area (Å²) < 4.78 is 25.8. The molecule has 0 spiro atoms. The van der Waals surface area contributed by atoms with Crippen molar-refractivity contribution in [1.82, 2.24) is 10.2 Å². The number of nitrogens with zero attached hydrogens (tertiary/aromatic N) is 2. The second-order valence-corrected chi connectivity index (χ2v) is 10.0. The Morgan fingerprint density at radius 2 is 1.70 bits per heavy atom. The predicted molar refractivity (Wildman–Crippen MR) is 121 cm³/mol. The van der Waals surface area contributed by atoms with Gasteiger partial charge in [0.05, 0.1) is 18.5 Å². The Hall–Kier alpha value is -2.38. The maximum Gasteiger partial charge on any atom is 0.251 e. The maximum absolute atomic E-state index is 12.4. The van der Waals surface area contributed by atoms with Crippen molar-refractivity contribution in [1.29, 1.82) is 0 Å². The summed E-state index contributed by atoms with van der Waals surface area (Å²) in [6, 6.07) is 16.2. The van der Waals surface area contributed by atoms with Crippen LogP contribution >= 0.6 is 0 Å². The van der Waals surface area contributed by atoms with Crippen LogP contribution in [0, 0.1) is 5.92 Å². The number of hydrogen-bond donors (Lipinski definition) is 1. The lowest BCUT2D eigenvalue weighted by Gasteiger charge is -2.28. The Balaban J connectivity index is 1.55. The monoisotopic (exact) mass is 429 g/mol. The Morgan fingerprint density at radius 1 is 1.07 bits per heavy atom. The van der Waals surface area contributed by atoms with Crippen LogP contribution in [0.15, 0.2) is 54.6 Å². The number of carbonyl (C=O) groups excluding carboxylic acids is 1. The van der Waals surface area contributed by atoms with E-state index in [9.17, 15) is 13.2 Å². The van der Waals surface area contributed by atoms with Crippen molar-refractivity contribution in [3.63, 3.8) is 0 Å². The molecule has 2 aromatic carbocycles. The van der Waals surface area contributed by atoms with Gasteiger partial charge in [0.15, 0.2) is 0 Å². The number of nitrogens with one attached hydrogen (secondary N) is 1. The minimum atomic E-state index is -3.42. The number of carbonyl (C=O) groups is 1. The Morgan fingerprint density at radius 3 is 2.30 bits per heavy atom. The first-order valence-corrected chi connectivity index (χ1v) is 12.3. The van der Waals surface area contributed by atoms with Gasteiger partial charge in [0.25, 0.3) is 5.91 Å². The number of amides is 1. The molecular formula is C23H31N3O3S. The number of benzene rings is 2. The van der Waals surface area contributed by atoms with Gasteiger partial charge >= 0.3 is 0 Å². The van der Waals surface area contributed by atoms with Gasteiger partial charge in [-0.2, -0.15) is 0 Å². The largest absolute Gasteiger partial charge is 0.352 e. The number of piperidine rings is 1. The minimum Gasteiger partial charge on any atom is -0.352 e. The molecule has 0 aromatic heterocycles. The van der Waals surface area contributed by atoms with Crippen LogP contribution in [0.2, 0.25) is 0 Å². The topological polar surface area (TPSA) is 69.7 Å². The molecule has 0 bridgehead atoms. The van der Waals surface area contributed by atoms with E-state index in [0.29, 0.717) is 23.7 Å². The average molecular weight is 430 g/mol. The van der Waals surface area contributed by atoms with Gasteiger partial charge in [-0.15, -0.1) is 0 Å². The van der Waals surface area contributed by atoms with Crippen LogP contribution in [0.25, 0.3) is 0 Å². The van der Waals surface area contributed by atoms with E-state index in [1.54, 1.807) is 24.3 Å². The summed E-state index contributed by atoms with van der Waals surface area (Å²) >= 11 is 0. The van der Waals surface area contributed by atoms with Gasteiger partial charge in [-0.05, 0) is 75.1 Å². The molecule has 1 N–H and O–H groups in total. The van der Waals surface area contributed by atoms with Gasteiger partial charge in [-0.3, -0.25) is 9.10 Å². The van der Waals surface area contributed by atoms with E-state index in [0.717, 1.165) is 25.1 Å². The van der Waals surface area contributed by atoms with E-state index in [2.05, 4.69) is 17.3 Å². The van der Waals surface area contributed by atoms with Crippen molar-refractivity contribution in [2.45, 2.75) is 25.8 Å². The summed E-state index contributed by atoms with van der Waals surface area (Å²) in [6.07, 6.45) is 4.60. The van der Waals surface area contributed by atoms with Gasteiger partial charge in [-0.1, -0.05) is 30.3 Å². The highest BCUT2D eigenvalue weighted by Crippen LogP contribution is 2.21. The van der Waals surface area contributed by atoms with Gasteiger partial charge in [-0.25, -0.2) is 8.42 Å². The first-order chi connectivity index (χ1) is 14.3. The zero-order chi connectivity index (χ0) is 21.6. The number of anilines is 1. The molecule has 1 amide bonds. The minimum absolute atomic E-state index is 0.0856. The third kappa shape index (κ3) is 6.31. The first kappa shape index (κ1) is 22.3. The quantitative estimate of drug-likeness (QED) is 0.700. The molecule has 1 aliphatic heterocycles. The van der Waals surface area contributed by atoms with E-state index in [-0.39, 0.29) is 12.5 Å². The summed E-state index contributed by atoms with van der Waals surface area (Å²) in [6.45, 7) is 3.17. The highest BCUT2D eigenvalue weighted by molar-refractivity contribution is 7.92. The lowest BCUT2D eigenvalue weighted by molar-refractivity contribution is 0.0949. The molecule has 7 heteroatoms. The molecule has 6 nitrogen and oxygen atoms in total. The predicted octanol–water partition coefficient (Wildman–Crippen LogP) is 3.11. The molecule has 1 heterocycles. The molecular weight excluding hydrogens is 398 g/mol. The third-order valence-electron chi connectivity index (χ3n) is 5.66. The smallest absolute Gasteiger partial charge is 0.251 e. The van der Waals surface area contributed by atoms with Crippen LogP contribution in [0.3, 0.4) is 0 Å². The van der Waals surface area contributed by atoms with Gasteiger partial charge in [0.2, 0.25) is 10.0 Å². The van der Waals surface area contributed by atoms with E-state index in [1.165, 1.54) is 23.4 Å². The molecule has 1 saturated heterocycles. The molecule has 2 aromatic rings. The molecule has 162 valence electrons. The summed E-state index contributed by atoms with van der Waals surface area (Å²) in [7, 11) is -1.27. The molecule has 1 fully saturated rings.